The zero-order valence-corrected chi connectivity index (χ0v) is 9.46. The summed E-state index contributed by atoms with van der Waals surface area (Å²) in [5.74, 6) is 0. The molecule has 0 aliphatic rings. The van der Waals surface area contributed by atoms with Crippen LogP contribution >= 0.6 is 0 Å². The van der Waals surface area contributed by atoms with Crippen LogP contribution in [-0.4, -0.2) is 25.9 Å². The molecule has 0 rings (SSSR count). The van der Waals surface area contributed by atoms with E-state index in [9.17, 15) is 0 Å². The number of nitriles is 1. The van der Waals surface area contributed by atoms with Crippen LogP contribution in [0.5, 0.6) is 0 Å². The number of nitrogens with zero attached hydrogens (tertiary/aromatic N) is 2. The molecule has 1 atom stereocenters. The van der Waals surface area contributed by atoms with E-state index in [1.807, 2.05) is 13.1 Å². The van der Waals surface area contributed by atoms with Crippen LogP contribution < -0.4 is 0 Å². The van der Waals surface area contributed by atoms with Gasteiger partial charge < -0.3 is 4.57 Å². The van der Waals surface area contributed by atoms with Gasteiger partial charge >= 0.3 is 0 Å². The maximum Gasteiger partial charge on any atom is 0.120 e. The monoisotopic (exact) mass is 182 g/mol. The first-order chi connectivity index (χ1) is 5.43. The average molecular weight is 182 g/mol. The molecule has 0 aliphatic carbocycles. The van der Waals surface area contributed by atoms with Crippen molar-refractivity contribution in [3.8, 4) is 6.07 Å². The second-order valence-corrected chi connectivity index (χ2v) is 9.00. The van der Waals surface area contributed by atoms with Gasteiger partial charge in [0.05, 0.1) is 12.1 Å². The third kappa shape index (κ3) is 3.20. The van der Waals surface area contributed by atoms with Gasteiger partial charge in [-0.15, -0.1) is 6.58 Å². The van der Waals surface area contributed by atoms with Crippen LogP contribution in [0.3, 0.4) is 0 Å². The number of hydrogen-bond donors (Lipinski definition) is 0. The summed E-state index contributed by atoms with van der Waals surface area (Å²) in [6.07, 6.45) is 2.57. The molecule has 0 spiro atoms. The first-order valence-electron chi connectivity index (χ1n) is 4.17. The van der Waals surface area contributed by atoms with Gasteiger partial charge in [-0.1, -0.05) is 25.7 Å². The van der Waals surface area contributed by atoms with E-state index in [0.29, 0.717) is 0 Å². The molecule has 0 fully saturated rings. The Morgan fingerprint density at radius 1 is 1.58 bits per heavy atom. The topological polar surface area (TPSA) is 27.0 Å². The summed E-state index contributed by atoms with van der Waals surface area (Å²) < 4.78 is 2.20. The molecular formula is C9H18N2Si. The van der Waals surface area contributed by atoms with E-state index < -0.39 is 8.24 Å². The summed E-state index contributed by atoms with van der Waals surface area (Å²) >= 11 is 0. The Morgan fingerprint density at radius 3 is 2.33 bits per heavy atom. The smallest absolute Gasteiger partial charge is 0.120 e. The Balaban J connectivity index is 4.33. The van der Waals surface area contributed by atoms with E-state index in [-0.39, 0.29) is 6.04 Å². The summed E-state index contributed by atoms with van der Waals surface area (Å²) in [7, 11) is 0.713. The minimum atomic E-state index is -1.32. The van der Waals surface area contributed by atoms with Gasteiger partial charge in [-0.25, -0.2) is 0 Å². The maximum atomic E-state index is 8.87. The van der Waals surface area contributed by atoms with Gasteiger partial charge in [-0.05, 0) is 13.5 Å². The first kappa shape index (κ1) is 11.4. The lowest BCUT2D eigenvalue weighted by molar-refractivity contribution is 0.441. The molecule has 0 aromatic rings. The van der Waals surface area contributed by atoms with Crippen LogP contribution in [0.25, 0.3) is 0 Å². The van der Waals surface area contributed by atoms with Gasteiger partial charge in [0, 0.05) is 0 Å². The standard InChI is InChI=1S/C9H18N2Si/c1-6-7-9(8-10)11(2)12(3,4)5/h6,9H,1,7H2,2-5H3. The van der Waals surface area contributed by atoms with Crippen LogP contribution in [-0.2, 0) is 0 Å². The summed E-state index contributed by atoms with van der Waals surface area (Å²) in [4.78, 5) is 0. The molecule has 0 radical (unpaired) electrons. The van der Waals surface area contributed by atoms with Crippen LogP contribution in [0.4, 0.5) is 0 Å². The zero-order chi connectivity index (χ0) is 9.78. The van der Waals surface area contributed by atoms with E-state index in [1.165, 1.54) is 0 Å². The first-order valence-corrected chi connectivity index (χ1v) is 7.61. The van der Waals surface area contributed by atoms with Crippen molar-refractivity contribution >= 4 is 8.24 Å². The lowest BCUT2D eigenvalue weighted by atomic mass is 10.2. The largest absolute Gasteiger partial charge is 0.312 e. The fourth-order valence-corrected chi connectivity index (χ4v) is 2.02. The second-order valence-electron chi connectivity index (χ2n) is 3.95. The van der Waals surface area contributed by atoms with E-state index in [0.717, 1.165) is 6.42 Å². The molecule has 0 saturated carbocycles. The van der Waals surface area contributed by atoms with E-state index in [1.54, 1.807) is 0 Å². The van der Waals surface area contributed by atoms with Gasteiger partial charge in [-0.2, -0.15) is 5.26 Å². The molecule has 1 unspecified atom stereocenters. The summed E-state index contributed by atoms with van der Waals surface area (Å²) in [6, 6.07) is 2.31. The Kier molecular flexibility index (Phi) is 4.22. The Hall–Kier alpha value is -0.593. The minimum absolute atomic E-state index is 0.00849. The number of rotatable bonds is 4. The highest BCUT2D eigenvalue weighted by atomic mass is 28.3. The molecule has 0 saturated heterocycles. The maximum absolute atomic E-state index is 8.87. The zero-order valence-electron chi connectivity index (χ0n) is 8.46. The Morgan fingerprint density at radius 2 is 2.08 bits per heavy atom. The molecule has 0 aromatic heterocycles. The molecule has 12 heavy (non-hydrogen) atoms. The predicted octanol–water partition coefficient (Wildman–Crippen LogP) is 2.22. The number of hydrogen-bond acceptors (Lipinski definition) is 2. The van der Waals surface area contributed by atoms with Crippen molar-refractivity contribution in [2.24, 2.45) is 0 Å². The van der Waals surface area contributed by atoms with Gasteiger partial charge in [0.15, 0.2) is 0 Å². The molecular weight excluding hydrogens is 164 g/mol. The van der Waals surface area contributed by atoms with Gasteiger partial charge in [0.2, 0.25) is 0 Å². The molecule has 0 aromatic carbocycles. The molecule has 0 bridgehead atoms. The van der Waals surface area contributed by atoms with Gasteiger partial charge in [0.1, 0.15) is 8.24 Å². The average Bonchev–Trinajstić information content (AvgIpc) is 1.97. The molecule has 0 aliphatic heterocycles. The van der Waals surface area contributed by atoms with E-state index >= 15 is 0 Å². The highest BCUT2D eigenvalue weighted by Gasteiger charge is 2.25. The SMILES string of the molecule is C=CCC(C#N)N(C)[Si](C)(C)C. The van der Waals surface area contributed by atoms with Crippen LogP contribution in [0.1, 0.15) is 6.42 Å². The molecule has 0 N–H and O–H groups in total. The quantitative estimate of drug-likeness (QED) is 0.492. The third-order valence-electron chi connectivity index (χ3n) is 2.06. The third-order valence-corrected chi connectivity index (χ3v) is 4.49. The molecule has 0 amide bonds. The van der Waals surface area contributed by atoms with Crippen molar-refractivity contribution in [2.45, 2.75) is 32.1 Å². The lowest BCUT2D eigenvalue weighted by Crippen LogP contribution is -2.48. The van der Waals surface area contributed by atoms with Crippen LogP contribution in [0.2, 0.25) is 19.6 Å². The van der Waals surface area contributed by atoms with Gasteiger partial charge in [0.25, 0.3) is 0 Å². The summed E-state index contributed by atoms with van der Waals surface area (Å²) in [5, 5.41) is 8.87. The van der Waals surface area contributed by atoms with Crippen LogP contribution in [0, 0.1) is 11.3 Å². The molecule has 68 valence electrons. The molecule has 3 heteroatoms. The predicted molar refractivity (Wildman–Crippen MR) is 55.3 cm³/mol. The van der Waals surface area contributed by atoms with E-state index in [2.05, 4.69) is 36.9 Å². The van der Waals surface area contributed by atoms with Crippen molar-refractivity contribution in [2.75, 3.05) is 7.05 Å². The normalized spacial score (nSPS) is 14.0. The van der Waals surface area contributed by atoms with Crippen molar-refractivity contribution in [3.05, 3.63) is 12.7 Å². The fourth-order valence-electron chi connectivity index (χ4n) is 0.923. The Labute approximate surface area is 76.6 Å². The van der Waals surface area contributed by atoms with Crippen molar-refractivity contribution in [1.82, 2.24) is 4.57 Å². The highest BCUT2D eigenvalue weighted by Crippen LogP contribution is 2.12. The highest BCUT2D eigenvalue weighted by molar-refractivity contribution is 6.73. The second kappa shape index (κ2) is 4.44. The van der Waals surface area contributed by atoms with Crippen molar-refractivity contribution < 1.29 is 0 Å². The fraction of sp³-hybridized carbons (Fsp3) is 0.667. The summed E-state index contributed by atoms with van der Waals surface area (Å²) in [5.41, 5.74) is 0. The van der Waals surface area contributed by atoms with Gasteiger partial charge in [-0.3, -0.25) is 0 Å². The lowest BCUT2D eigenvalue weighted by Gasteiger charge is -2.33. The minimum Gasteiger partial charge on any atom is -0.312 e. The summed E-state index contributed by atoms with van der Waals surface area (Å²) in [6.45, 7) is 10.4. The Bertz CT molecular complexity index is 188. The van der Waals surface area contributed by atoms with Crippen molar-refractivity contribution in [3.63, 3.8) is 0 Å². The molecule has 0 heterocycles. The molecule has 2 nitrogen and oxygen atoms in total. The van der Waals surface area contributed by atoms with Crippen molar-refractivity contribution in [1.29, 1.82) is 5.26 Å². The van der Waals surface area contributed by atoms with Crippen LogP contribution in [0.15, 0.2) is 12.7 Å². The van der Waals surface area contributed by atoms with E-state index in [4.69, 9.17) is 5.26 Å².